The first-order chi connectivity index (χ1) is 14.5. The first-order valence-electron chi connectivity index (χ1n) is 10.2. The molecule has 1 saturated carbocycles. The van der Waals surface area contributed by atoms with Crippen molar-refractivity contribution in [2.24, 2.45) is 11.5 Å². The molecule has 1 amide bonds. The SMILES string of the molecule is CCn1ncc2cc(Nc3nc(NC4CCCC[C@@H]4N)c(F)cc3C(N)=O)ccc21. The zero-order valence-corrected chi connectivity index (χ0v) is 16.9. The van der Waals surface area contributed by atoms with Crippen LogP contribution in [-0.4, -0.2) is 32.8 Å². The second-order valence-corrected chi connectivity index (χ2v) is 7.64. The van der Waals surface area contributed by atoms with Crippen molar-refractivity contribution in [2.45, 2.75) is 51.2 Å². The number of primary amides is 1. The van der Waals surface area contributed by atoms with E-state index in [1.807, 2.05) is 29.8 Å². The lowest BCUT2D eigenvalue weighted by Gasteiger charge is -2.30. The summed E-state index contributed by atoms with van der Waals surface area (Å²) >= 11 is 0. The van der Waals surface area contributed by atoms with Crippen LogP contribution in [0.3, 0.4) is 0 Å². The van der Waals surface area contributed by atoms with Crippen LogP contribution in [0.15, 0.2) is 30.5 Å². The fourth-order valence-corrected chi connectivity index (χ4v) is 3.94. The minimum absolute atomic E-state index is 0.0182. The Bertz CT molecular complexity index is 1080. The Balaban J connectivity index is 1.66. The van der Waals surface area contributed by atoms with Gasteiger partial charge in [-0.2, -0.15) is 5.10 Å². The summed E-state index contributed by atoms with van der Waals surface area (Å²) in [6.07, 6.45) is 5.60. The molecule has 1 aliphatic rings. The third-order valence-electron chi connectivity index (χ3n) is 5.59. The highest BCUT2D eigenvalue weighted by Gasteiger charge is 2.24. The van der Waals surface area contributed by atoms with Gasteiger partial charge in [0.15, 0.2) is 11.6 Å². The van der Waals surface area contributed by atoms with Gasteiger partial charge in [0, 0.05) is 29.7 Å². The molecule has 2 atom stereocenters. The van der Waals surface area contributed by atoms with Crippen LogP contribution in [0, 0.1) is 5.82 Å². The van der Waals surface area contributed by atoms with Crippen molar-refractivity contribution in [2.75, 3.05) is 10.6 Å². The van der Waals surface area contributed by atoms with E-state index in [9.17, 15) is 9.18 Å². The van der Waals surface area contributed by atoms with E-state index < -0.39 is 11.7 Å². The molecule has 8 nitrogen and oxygen atoms in total. The maximum absolute atomic E-state index is 14.6. The smallest absolute Gasteiger partial charge is 0.252 e. The Morgan fingerprint density at radius 3 is 2.80 bits per heavy atom. The largest absolute Gasteiger partial charge is 0.365 e. The third kappa shape index (κ3) is 3.93. The number of nitrogens with two attached hydrogens (primary N) is 2. The lowest BCUT2D eigenvalue weighted by atomic mass is 9.91. The van der Waals surface area contributed by atoms with Gasteiger partial charge in [0.05, 0.1) is 17.3 Å². The summed E-state index contributed by atoms with van der Waals surface area (Å²) in [5.41, 5.74) is 13.3. The number of benzene rings is 1. The number of hydrogen-bond acceptors (Lipinski definition) is 6. The average Bonchev–Trinajstić information content (AvgIpc) is 3.14. The van der Waals surface area contributed by atoms with Crippen molar-refractivity contribution in [3.05, 3.63) is 41.8 Å². The number of rotatable bonds is 6. The zero-order valence-electron chi connectivity index (χ0n) is 16.9. The van der Waals surface area contributed by atoms with Crippen molar-refractivity contribution in [3.8, 4) is 0 Å². The predicted molar refractivity (Wildman–Crippen MR) is 115 cm³/mol. The first kappa shape index (κ1) is 20.1. The number of nitrogens with one attached hydrogen (secondary N) is 2. The summed E-state index contributed by atoms with van der Waals surface area (Å²) in [6.45, 7) is 2.78. The predicted octanol–water partition coefficient (Wildman–Crippen LogP) is 3.11. The molecule has 1 aromatic carbocycles. The van der Waals surface area contributed by atoms with E-state index in [4.69, 9.17) is 11.5 Å². The lowest BCUT2D eigenvalue weighted by Crippen LogP contribution is -2.43. The third-order valence-corrected chi connectivity index (χ3v) is 5.59. The molecule has 1 fully saturated rings. The molecule has 0 aliphatic heterocycles. The van der Waals surface area contributed by atoms with Gasteiger partial charge in [0.1, 0.15) is 5.82 Å². The lowest BCUT2D eigenvalue weighted by molar-refractivity contribution is 0.100. The number of fused-ring (bicyclic) bond motifs is 1. The number of hydrogen-bond donors (Lipinski definition) is 4. The summed E-state index contributed by atoms with van der Waals surface area (Å²) in [5, 5.41) is 11.5. The minimum Gasteiger partial charge on any atom is -0.365 e. The molecule has 3 aromatic rings. The van der Waals surface area contributed by atoms with Crippen LogP contribution in [0.2, 0.25) is 0 Å². The summed E-state index contributed by atoms with van der Waals surface area (Å²) in [7, 11) is 0. The molecule has 30 heavy (non-hydrogen) atoms. The Morgan fingerprint density at radius 1 is 1.27 bits per heavy atom. The van der Waals surface area contributed by atoms with Crippen molar-refractivity contribution in [1.82, 2.24) is 14.8 Å². The molecule has 0 bridgehead atoms. The molecule has 1 aliphatic carbocycles. The molecular formula is C21H26FN7O. The number of amides is 1. The number of carbonyl (C=O) groups excluding carboxylic acids is 1. The topological polar surface area (TPSA) is 124 Å². The first-order valence-corrected chi connectivity index (χ1v) is 10.2. The van der Waals surface area contributed by atoms with E-state index >= 15 is 0 Å². The zero-order chi connectivity index (χ0) is 21.3. The molecular weight excluding hydrogens is 385 g/mol. The summed E-state index contributed by atoms with van der Waals surface area (Å²) < 4.78 is 16.5. The highest BCUT2D eigenvalue weighted by molar-refractivity contribution is 5.99. The minimum atomic E-state index is -0.760. The number of pyridine rings is 1. The van der Waals surface area contributed by atoms with Crippen LogP contribution in [0.25, 0.3) is 10.9 Å². The van der Waals surface area contributed by atoms with Crippen LogP contribution < -0.4 is 22.1 Å². The van der Waals surface area contributed by atoms with Crippen molar-refractivity contribution < 1.29 is 9.18 Å². The fraction of sp³-hybridized carbons (Fsp3) is 0.381. The van der Waals surface area contributed by atoms with E-state index in [2.05, 4.69) is 20.7 Å². The van der Waals surface area contributed by atoms with Crippen molar-refractivity contribution >= 4 is 34.1 Å². The summed E-state index contributed by atoms with van der Waals surface area (Å²) in [5.74, 6) is -1.14. The number of anilines is 3. The molecule has 1 unspecified atom stereocenters. The molecule has 6 N–H and O–H groups in total. The Kier molecular flexibility index (Phi) is 5.54. The Hall–Kier alpha value is -3.20. The van der Waals surface area contributed by atoms with E-state index in [0.717, 1.165) is 49.2 Å². The van der Waals surface area contributed by atoms with E-state index in [-0.39, 0.29) is 29.3 Å². The molecule has 0 saturated heterocycles. The van der Waals surface area contributed by atoms with Gasteiger partial charge in [-0.1, -0.05) is 12.8 Å². The maximum atomic E-state index is 14.6. The van der Waals surface area contributed by atoms with Crippen LogP contribution in [0.4, 0.5) is 21.7 Å². The van der Waals surface area contributed by atoms with E-state index in [1.54, 1.807) is 6.20 Å². The molecule has 4 rings (SSSR count). The quantitative estimate of drug-likeness (QED) is 0.494. The second kappa shape index (κ2) is 8.27. The molecule has 2 heterocycles. The normalized spacial score (nSPS) is 19.0. The van der Waals surface area contributed by atoms with Gasteiger partial charge in [-0.05, 0) is 44.0 Å². The Morgan fingerprint density at radius 2 is 2.07 bits per heavy atom. The molecule has 0 radical (unpaired) electrons. The van der Waals surface area contributed by atoms with E-state index in [1.165, 1.54) is 0 Å². The van der Waals surface area contributed by atoms with E-state index in [0.29, 0.717) is 5.69 Å². The molecule has 9 heteroatoms. The fourth-order valence-electron chi connectivity index (χ4n) is 3.94. The van der Waals surface area contributed by atoms with Gasteiger partial charge in [0.2, 0.25) is 0 Å². The number of aromatic nitrogens is 3. The highest BCUT2D eigenvalue weighted by atomic mass is 19.1. The number of aryl methyl sites for hydroxylation is 1. The van der Waals surface area contributed by atoms with Crippen molar-refractivity contribution in [1.29, 1.82) is 0 Å². The van der Waals surface area contributed by atoms with Gasteiger partial charge >= 0.3 is 0 Å². The molecule has 158 valence electrons. The summed E-state index contributed by atoms with van der Waals surface area (Å²) in [6, 6.07) is 6.67. The van der Waals surface area contributed by atoms with Crippen LogP contribution in [-0.2, 0) is 6.54 Å². The van der Waals surface area contributed by atoms with Gasteiger partial charge in [0.25, 0.3) is 5.91 Å². The number of carbonyl (C=O) groups is 1. The second-order valence-electron chi connectivity index (χ2n) is 7.64. The summed E-state index contributed by atoms with van der Waals surface area (Å²) in [4.78, 5) is 16.2. The van der Waals surface area contributed by atoms with Crippen LogP contribution >= 0.6 is 0 Å². The number of nitrogens with zero attached hydrogens (tertiary/aromatic N) is 3. The Labute approximate surface area is 173 Å². The van der Waals surface area contributed by atoms with Gasteiger partial charge in [-0.25, -0.2) is 9.37 Å². The maximum Gasteiger partial charge on any atom is 0.252 e. The molecule has 0 spiro atoms. The van der Waals surface area contributed by atoms with Gasteiger partial charge in [-0.15, -0.1) is 0 Å². The van der Waals surface area contributed by atoms with Gasteiger partial charge in [-0.3, -0.25) is 9.48 Å². The standard InChI is InChI=1S/C21H26FN7O/c1-2-29-18-8-7-13(9-12(18)11-25-29)26-20-14(19(24)30)10-15(22)21(28-20)27-17-6-4-3-5-16(17)23/h7-11,16-17H,2-6,23H2,1H3,(H2,24,30)(H2,26,27,28)/t16-,17?/m0/s1. The number of halogens is 1. The molecule has 2 aromatic heterocycles. The van der Waals surface area contributed by atoms with Gasteiger partial charge < -0.3 is 22.1 Å². The average molecular weight is 411 g/mol. The van der Waals surface area contributed by atoms with Crippen LogP contribution in [0.5, 0.6) is 0 Å². The van der Waals surface area contributed by atoms with Crippen molar-refractivity contribution in [3.63, 3.8) is 0 Å². The highest BCUT2D eigenvalue weighted by Crippen LogP contribution is 2.28. The van der Waals surface area contributed by atoms with Crippen LogP contribution in [0.1, 0.15) is 43.0 Å². The monoisotopic (exact) mass is 411 g/mol.